The Morgan fingerprint density at radius 3 is 2.13 bits per heavy atom. The fraction of sp³-hybridized carbons (Fsp3) is 0.913. The minimum atomic E-state index is -1.75. The SMILES string of the molecule is CC(=O)OCC1OC(OC2C(O)C(C)OC(OC3CCC4(C)C(CCC5(C)C4C=CC46OCC7(CCC(C)(C)CC74)C(O)CC56C)C3(C)CO)C2O)C(O)C(OC(C)=O)C1O. The van der Waals surface area contributed by atoms with Crippen LogP contribution >= 0.6 is 0 Å². The summed E-state index contributed by atoms with van der Waals surface area (Å²) in [6, 6.07) is 0. The number of allylic oxidation sites excluding steroid dienone is 1. The van der Waals surface area contributed by atoms with Gasteiger partial charge in [0.1, 0.15) is 43.2 Å². The summed E-state index contributed by atoms with van der Waals surface area (Å²) in [5.74, 6) is -1.08. The Hall–Kier alpha value is -1.76. The van der Waals surface area contributed by atoms with E-state index in [1.165, 1.54) is 6.92 Å². The van der Waals surface area contributed by atoms with E-state index in [1.807, 2.05) is 0 Å². The van der Waals surface area contributed by atoms with Crippen LogP contribution in [0.15, 0.2) is 12.2 Å². The molecule has 8 aliphatic rings. The van der Waals surface area contributed by atoms with E-state index < -0.39 is 103 Å². The lowest BCUT2D eigenvalue weighted by Crippen LogP contribution is -2.72. The van der Waals surface area contributed by atoms with Gasteiger partial charge in [-0.05, 0) is 86.4 Å². The summed E-state index contributed by atoms with van der Waals surface area (Å²) in [6.07, 6.45) is -3.93. The van der Waals surface area contributed by atoms with Crippen molar-refractivity contribution in [1.29, 1.82) is 0 Å². The van der Waals surface area contributed by atoms with E-state index in [1.54, 1.807) is 6.92 Å². The standard InChI is InChI=1S/C46H72O15/c1-23-32(51)36(61-39-35(54)37(58-25(3)49)33(52)26(59-39)20-55-24(2)48)34(53)38(57-23)60-31-12-13-41(6)27(42(31,7)21-47)10-14-43(8)28(41)11-15-46-29-18-40(4,5)16-17-45(29,22-56-46)30(50)19-44(43,46)9/h11,15,23,26-39,47,50-54H,10,12-14,16-22H2,1-9H3. The quantitative estimate of drug-likeness (QED) is 0.117. The largest absolute Gasteiger partial charge is 0.463 e. The number of hydrogen-bond acceptors (Lipinski definition) is 15. The fourth-order valence-electron chi connectivity index (χ4n) is 14.8. The van der Waals surface area contributed by atoms with Crippen LogP contribution in [0.2, 0.25) is 0 Å². The molecule has 0 radical (unpaired) electrons. The first-order chi connectivity index (χ1) is 28.4. The summed E-state index contributed by atoms with van der Waals surface area (Å²) in [7, 11) is 0. The molecule has 21 atom stereocenters. The van der Waals surface area contributed by atoms with Gasteiger partial charge in [-0.3, -0.25) is 9.59 Å². The Morgan fingerprint density at radius 2 is 1.46 bits per heavy atom. The van der Waals surface area contributed by atoms with Crippen LogP contribution in [-0.2, 0) is 42.7 Å². The van der Waals surface area contributed by atoms with Gasteiger partial charge in [-0.1, -0.05) is 53.7 Å². The highest BCUT2D eigenvalue weighted by molar-refractivity contribution is 5.66. The first-order valence-electron chi connectivity index (χ1n) is 22.7. The molecule has 2 bridgehead atoms. The van der Waals surface area contributed by atoms with Gasteiger partial charge in [0.15, 0.2) is 18.7 Å². The van der Waals surface area contributed by atoms with Gasteiger partial charge in [-0.25, -0.2) is 0 Å². The molecule has 7 fully saturated rings. The number of ether oxygens (including phenoxy) is 7. The maximum absolute atomic E-state index is 12.2. The van der Waals surface area contributed by atoms with Crippen molar-refractivity contribution in [2.24, 2.45) is 50.2 Å². The molecule has 3 aliphatic heterocycles. The normalized spacial score (nSPS) is 54.7. The second-order valence-corrected chi connectivity index (χ2v) is 22.2. The van der Waals surface area contributed by atoms with E-state index in [2.05, 4.69) is 53.7 Å². The Morgan fingerprint density at radius 1 is 0.770 bits per heavy atom. The molecule has 15 nitrogen and oxygen atoms in total. The molecule has 0 aromatic carbocycles. The lowest BCUT2D eigenvalue weighted by atomic mass is 9.32. The third-order valence-corrected chi connectivity index (χ3v) is 18.5. The number of aliphatic hydroxyl groups excluding tert-OH is 6. The van der Waals surface area contributed by atoms with Crippen LogP contribution in [0, 0.1) is 50.2 Å². The van der Waals surface area contributed by atoms with Gasteiger partial charge in [0.2, 0.25) is 0 Å². The van der Waals surface area contributed by atoms with Gasteiger partial charge in [-0.15, -0.1) is 0 Å². The molecule has 3 saturated heterocycles. The van der Waals surface area contributed by atoms with Crippen LogP contribution in [0.4, 0.5) is 0 Å². The van der Waals surface area contributed by atoms with Crippen LogP contribution in [0.25, 0.3) is 0 Å². The minimum absolute atomic E-state index is 0.00946. The number of hydrogen-bond donors (Lipinski definition) is 6. The van der Waals surface area contributed by atoms with E-state index in [0.29, 0.717) is 19.4 Å². The summed E-state index contributed by atoms with van der Waals surface area (Å²) in [4.78, 5) is 23.5. The predicted molar refractivity (Wildman–Crippen MR) is 216 cm³/mol. The molecule has 346 valence electrons. The number of aliphatic hydroxyl groups is 6. The van der Waals surface area contributed by atoms with Crippen molar-refractivity contribution in [3.05, 3.63) is 12.2 Å². The van der Waals surface area contributed by atoms with Gasteiger partial charge in [0.05, 0.1) is 37.1 Å². The zero-order valence-corrected chi connectivity index (χ0v) is 37.5. The highest BCUT2D eigenvalue weighted by atomic mass is 16.7. The molecule has 8 rings (SSSR count). The van der Waals surface area contributed by atoms with Crippen LogP contribution in [0.5, 0.6) is 0 Å². The van der Waals surface area contributed by atoms with Crippen molar-refractivity contribution in [3.63, 3.8) is 0 Å². The summed E-state index contributed by atoms with van der Waals surface area (Å²) in [5, 5.41) is 68.8. The maximum Gasteiger partial charge on any atom is 0.303 e. The average molecular weight is 865 g/mol. The van der Waals surface area contributed by atoms with Crippen molar-refractivity contribution in [2.45, 2.75) is 193 Å². The van der Waals surface area contributed by atoms with E-state index in [-0.39, 0.29) is 51.4 Å². The van der Waals surface area contributed by atoms with Crippen LogP contribution in [-0.4, -0.2) is 142 Å². The topological polar surface area (TPSA) is 220 Å². The van der Waals surface area contributed by atoms with Crippen LogP contribution < -0.4 is 0 Å². The summed E-state index contributed by atoms with van der Waals surface area (Å²) in [5.41, 5.74) is -2.07. The first kappa shape index (κ1) is 45.8. The van der Waals surface area contributed by atoms with Crippen molar-refractivity contribution < 1.29 is 73.4 Å². The van der Waals surface area contributed by atoms with Crippen molar-refractivity contribution in [2.75, 3.05) is 19.8 Å². The van der Waals surface area contributed by atoms with Gasteiger partial charge in [0.25, 0.3) is 0 Å². The average Bonchev–Trinajstić information content (AvgIpc) is 3.46. The number of carbonyl (C=O) groups excluding carboxylic acids is 2. The van der Waals surface area contributed by atoms with Gasteiger partial charge < -0.3 is 63.8 Å². The Bertz CT molecular complexity index is 1720. The van der Waals surface area contributed by atoms with E-state index >= 15 is 0 Å². The molecular formula is C46H72O15. The first-order valence-corrected chi connectivity index (χ1v) is 22.7. The molecule has 21 unspecified atom stereocenters. The van der Waals surface area contributed by atoms with Gasteiger partial charge >= 0.3 is 11.9 Å². The molecular weight excluding hydrogens is 792 g/mol. The summed E-state index contributed by atoms with van der Waals surface area (Å²) >= 11 is 0. The number of esters is 2. The number of rotatable bonds is 8. The second-order valence-electron chi connectivity index (χ2n) is 22.2. The van der Waals surface area contributed by atoms with Crippen molar-refractivity contribution in [3.8, 4) is 0 Å². The van der Waals surface area contributed by atoms with E-state index in [4.69, 9.17) is 33.2 Å². The lowest BCUT2D eigenvalue weighted by Gasteiger charge is -2.73. The third-order valence-electron chi connectivity index (χ3n) is 18.5. The molecule has 4 saturated carbocycles. The molecule has 15 heteroatoms. The second kappa shape index (κ2) is 15.4. The molecule has 0 amide bonds. The Labute approximate surface area is 359 Å². The molecule has 5 aliphatic carbocycles. The van der Waals surface area contributed by atoms with Crippen molar-refractivity contribution in [1.82, 2.24) is 0 Å². The smallest absolute Gasteiger partial charge is 0.303 e. The molecule has 61 heavy (non-hydrogen) atoms. The maximum atomic E-state index is 12.2. The molecule has 1 spiro atoms. The zero-order chi connectivity index (χ0) is 44.5. The van der Waals surface area contributed by atoms with Gasteiger partial charge in [-0.2, -0.15) is 0 Å². The van der Waals surface area contributed by atoms with Gasteiger partial charge in [0, 0.05) is 36.0 Å². The Kier molecular flexibility index (Phi) is 11.6. The molecule has 0 aromatic rings. The highest BCUT2D eigenvalue weighted by Crippen LogP contribution is 2.79. The van der Waals surface area contributed by atoms with E-state index in [0.717, 1.165) is 45.4 Å². The minimum Gasteiger partial charge on any atom is -0.463 e. The third kappa shape index (κ3) is 6.67. The van der Waals surface area contributed by atoms with Crippen LogP contribution in [0.3, 0.4) is 0 Å². The monoisotopic (exact) mass is 864 g/mol. The zero-order valence-electron chi connectivity index (χ0n) is 37.5. The fourth-order valence-corrected chi connectivity index (χ4v) is 14.8. The Balaban J connectivity index is 1.03. The highest BCUT2D eigenvalue weighted by Gasteiger charge is 2.79. The molecule has 6 N–H and O–H groups in total. The predicted octanol–water partition coefficient (Wildman–Crippen LogP) is 2.92. The summed E-state index contributed by atoms with van der Waals surface area (Å²) in [6.45, 7) is 17.8. The molecule has 3 heterocycles. The summed E-state index contributed by atoms with van der Waals surface area (Å²) < 4.78 is 42.1. The van der Waals surface area contributed by atoms with E-state index in [9.17, 15) is 40.2 Å². The molecule has 0 aromatic heterocycles. The number of fused-ring (bicyclic) bond motifs is 4. The number of carbonyl (C=O) groups is 2. The van der Waals surface area contributed by atoms with Crippen LogP contribution in [0.1, 0.15) is 114 Å². The lowest BCUT2D eigenvalue weighted by molar-refractivity contribution is -0.368. The van der Waals surface area contributed by atoms with Crippen molar-refractivity contribution >= 4 is 11.9 Å².